The third-order valence-corrected chi connectivity index (χ3v) is 3.64. The Bertz CT molecular complexity index is 570. The van der Waals surface area contributed by atoms with Crippen LogP contribution in [0.2, 0.25) is 0 Å². The molecule has 0 aliphatic carbocycles. The molecule has 94 valence electrons. The van der Waals surface area contributed by atoms with E-state index in [2.05, 4.69) is 16.6 Å². The van der Waals surface area contributed by atoms with Crippen molar-refractivity contribution in [1.29, 1.82) is 0 Å². The van der Waals surface area contributed by atoms with Crippen molar-refractivity contribution in [2.24, 2.45) is 0 Å². The van der Waals surface area contributed by atoms with Gasteiger partial charge in [-0.3, -0.25) is 0 Å². The molecule has 0 atom stereocenters. The summed E-state index contributed by atoms with van der Waals surface area (Å²) >= 11 is 0. The number of fused-ring (bicyclic) bond motifs is 1. The van der Waals surface area contributed by atoms with Gasteiger partial charge in [0.25, 0.3) is 0 Å². The van der Waals surface area contributed by atoms with E-state index in [-0.39, 0.29) is 5.82 Å². The smallest absolute Gasteiger partial charge is 0.170 e. The maximum absolute atomic E-state index is 13.1. The Morgan fingerprint density at radius 1 is 1.39 bits per heavy atom. The number of aromatic nitrogens is 1. The molecule has 3 rings (SSSR count). The van der Waals surface area contributed by atoms with Crippen molar-refractivity contribution in [2.75, 3.05) is 13.1 Å². The molecule has 0 N–H and O–H groups in total. The lowest BCUT2D eigenvalue weighted by molar-refractivity contribution is 0.278. The molecule has 0 unspecified atom stereocenters. The Kier molecular flexibility index (Phi) is 2.78. The number of likely N-dealkylation sites (tertiary alicyclic amines) is 1. The van der Waals surface area contributed by atoms with Crippen LogP contribution in [-0.2, 0) is 0 Å². The van der Waals surface area contributed by atoms with Gasteiger partial charge in [0.05, 0.1) is 5.69 Å². The molecule has 1 aromatic carbocycles. The van der Waals surface area contributed by atoms with E-state index < -0.39 is 0 Å². The van der Waals surface area contributed by atoms with E-state index in [1.165, 1.54) is 12.1 Å². The van der Waals surface area contributed by atoms with Gasteiger partial charge in [0.1, 0.15) is 5.82 Å². The summed E-state index contributed by atoms with van der Waals surface area (Å²) in [5.41, 5.74) is 1.50. The number of benzene rings is 1. The predicted molar refractivity (Wildman–Crippen MR) is 67.7 cm³/mol. The summed E-state index contributed by atoms with van der Waals surface area (Å²) < 4.78 is 18.3. The van der Waals surface area contributed by atoms with Gasteiger partial charge in [0.15, 0.2) is 5.58 Å². The van der Waals surface area contributed by atoms with Crippen molar-refractivity contribution in [2.45, 2.75) is 18.8 Å². The summed E-state index contributed by atoms with van der Waals surface area (Å²) in [5, 5.41) is 5.06. The fourth-order valence-corrected chi connectivity index (χ4v) is 2.58. The molecule has 1 aromatic heterocycles. The van der Waals surface area contributed by atoms with Gasteiger partial charge >= 0.3 is 0 Å². The minimum atomic E-state index is -0.285. The SMILES string of the molecule is C=CN1CCC(c2noc3cc(F)ccc23)CC1. The summed E-state index contributed by atoms with van der Waals surface area (Å²) in [6.07, 6.45) is 3.95. The van der Waals surface area contributed by atoms with Crippen LogP contribution in [-0.4, -0.2) is 23.1 Å². The number of piperidine rings is 1. The van der Waals surface area contributed by atoms with E-state index in [1.54, 1.807) is 6.07 Å². The molecule has 0 amide bonds. The first-order valence-corrected chi connectivity index (χ1v) is 6.19. The van der Waals surface area contributed by atoms with Crippen LogP contribution in [0.25, 0.3) is 11.0 Å². The van der Waals surface area contributed by atoms with E-state index in [1.807, 2.05) is 6.20 Å². The van der Waals surface area contributed by atoms with Gasteiger partial charge in [0, 0.05) is 30.5 Å². The summed E-state index contributed by atoms with van der Waals surface area (Å²) in [6, 6.07) is 4.61. The Morgan fingerprint density at radius 3 is 2.89 bits per heavy atom. The maximum Gasteiger partial charge on any atom is 0.170 e. The van der Waals surface area contributed by atoms with Gasteiger partial charge < -0.3 is 9.42 Å². The van der Waals surface area contributed by atoms with Crippen molar-refractivity contribution in [3.05, 3.63) is 42.5 Å². The molecule has 4 heteroatoms. The number of hydrogen-bond donors (Lipinski definition) is 0. The van der Waals surface area contributed by atoms with Gasteiger partial charge in [-0.2, -0.15) is 0 Å². The first kappa shape index (κ1) is 11.3. The zero-order valence-corrected chi connectivity index (χ0v) is 10.1. The highest BCUT2D eigenvalue weighted by atomic mass is 19.1. The Labute approximate surface area is 105 Å². The van der Waals surface area contributed by atoms with Crippen LogP contribution in [0.5, 0.6) is 0 Å². The Balaban J connectivity index is 1.89. The van der Waals surface area contributed by atoms with E-state index in [9.17, 15) is 4.39 Å². The fraction of sp³-hybridized carbons (Fsp3) is 0.357. The summed E-state index contributed by atoms with van der Waals surface area (Å²) in [7, 11) is 0. The second-order valence-corrected chi connectivity index (χ2v) is 4.70. The minimum absolute atomic E-state index is 0.285. The molecule has 2 heterocycles. The quantitative estimate of drug-likeness (QED) is 0.814. The monoisotopic (exact) mass is 246 g/mol. The highest BCUT2D eigenvalue weighted by Crippen LogP contribution is 2.32. The maximum atomic E-state index is 13.1. The molecule has 0 bridgehead atoms. The second kappa shape index (κ2) is 4.44. The molecule has 0 spiro atoms. The Hall–Kier alpha value is -1.84. The highest BCUT2D eigenvalue weighted by molar-refractivity contribution is 5.79. The summed E-state index contributed by atoms with van der Waals surface area (Å²) in [6.45, 7) is 5.76. The summed E-state index contributed by atoms with van der Waals surface area (Å²) in [5.74, 6) is 0.111. The normalized spacial score (nSPS) is 17.3. The summed E-state index contributed by atoms with van der Waals surface area (Å²) in [4.78, 5) is 2.21. The van der Waals surface area contributed by atoms with E-state index in [4.69, 9.17) is 4.52 Å². The molecule has 1 saturated heterocycles. The first-order chi connectivity index (χ1) is 8.78. The number of hydrogen-bond acceptors (Lipinski definition) is 3. The topological polar surface area (TPSA) is 29.3 Å². The van der Waals surface area contributed by atoms with Crippen molar-refractivity contribution in [1.82, 2.24) is 10.1 Å². The molecular weight excluding hydrogens is 231 g/mol. The predicted octanol–water partition coefficient (Wildman–Crippen LogP) is 3.29. The molecule has 1 aliphatic heterocycles. The zero-order valence-electron chi connectivity index (χ0n) is 10.1. The average molecular weight is 246 g/mol. The van der Waals surface area contributed by atoms with E-state index in [0.717, 1.165) is 37.0 Å². The molecule has 18 heavy (non-hydrogen) atoms. The van der Waals surface area contributed by atoms with Gasteiger partial charge in [-0.15, -0.1) is 0 Å². The number of nitrogens with zero attached hydrogens (tertiary/aromatic N) is 2. The van der Waals surface area contributed by atoms with Crippen molar-refractivity contribution in [3.8, 4) is 0 Å². The van der Waals surface area contributed by atoms with Crippen LogP contribution in [0.4, 0.5) is 4.39 Å². The fourth-order valence-electron chi connectivity index (χ4n) is 2.58. The third-order valence-electron chi connectivity index (χ3n) is 3.64. The van der Waals surface area contributed by atoms with Crippen LogP contribution in [0.1, 0.15) is 24.5 Å². The van der Waals surface area contributed by atoms with Crippen LogP contribution in [0, 0.1) is 5.82 Å². The number of rotatable bonds is 2. The molecular formula is C14H15FN2O. The van der Waals surface area contributed by atoms with Crippen molar-refractivity contribution in [3.63, 3.8) is 0 Å². The molecule has 1 aliphatic rings. The Morgan fingerprint density at radius 2 is 2.17 bits per heavy atom. The van der Waals surface area contributed by atoms with Crippen LogP contribution < -0.4 is 0 Å². The van der Waals surface area contributed by atoms with Crippen molar-refractivity contribution >= 4 is 11.0 Å². The van der Waals surface area contributed by atoms with Crippen LogP contribution in [0.3, 0.4) is 0 Å². The van der Waals surface area contributed by atoms with E-state index >= 15 is 0 Å². The van der Waals surface area contributed by atoms with Gasteiger partial charge in [-0.25, -0.2) is 4.39 Å². The standard InChI is InChI=1S/C14H15FN2O/c1-2-17-7-5-10(6-8-17)14-12-4-3-11(15)9-13(12)18-16-14/h2-4,9-10H,1,5-8H2. The first-order valence-electron chi connectivity index (χ1n) is 6.19. The third kappa shape index (κ3) is 1.88. The largest absolute Gasteiger partial charge is 0.378 e. The van der Waals surface area contributed by atoms with Crippen molar-refractivity contribution < 1.29 is 8.91 Å². The van der Waals surface area contributed by atoms with Crippen LogP contribution >= 0.6 is 0 Å². The van der Waals surface area contributed by atoms with E-state index in [0.29, 0.717) is 11.5 Å². The number of halogens is 1. The lowest BCUT2D eigenvalue weighted by Gasteiger charge is -2.29. The zero-order chi connectivity index (χ0) is 12.5. The van der Waals surface area contributed by atoms with Gasteiger partial charge in [-0.1, -0.05) is 11.7 Å². The minimum Gasteiger partial charge on any atom is -0.378 e. The average Bonchev–Trinajstić information content (AvgIpc) is 2.81. The van der Waals surface area contributed by atoms with Crippen LogP contribution in [0.15, 0.2) is 35.5 Å². The lowest BCUT2D eigenvalue weighted by atomic mass is 9.92. The molecule has 3 nitrogen and oxygen atoms in total. The molecule has 2 aromatic rings. The van der Waals surface area contributed by atoms with Gasteiger partial charge in [-0.05, 0) is 31.2 Å². The molecule has 1 fully saturated rings. The highest BCUT2D eigenvalue weighted by Gasteiger charge is 2.23. The molecule has 0 saturated carbocycles. The molecule has 0 radical (unpaired) electrons. The second-order valence-electron chi connectivity index (χ2n) is 4.70. The lowest BCUT2D eigenvalue weighted by Crippen LogP contribution is -2.28. The van der Waals surface area contributed by atoms with Gasteiger partial charge in [0.2, 0.25) is 0 Å².